The van der Waals surface area contributed by atoms with Gasteiger partial charge in [0.1, 0.15) is 7.05 Å². The average molecular weight is 192 g/mol. The van der Waals surface area contributed by atoms with Crippen LogP contribution in [0.3, 0.4) is 0 Å². The fourth-order valence-electron chi connectivity index (χ4n) is 1.33. The number of allylic oxidation sites excluding steroid dienone is 1. The van der Waals surface area contributed by atoms with Gasteiger partial charge in [-0.25, -0.2) is 0 Å². The molecule has 0 aliphatic heterocycles. The van der Waals surface area contributed by atoms with Gasteiger partial charge in [0.2, 0.25) is 11.4 Å². The van der Waals surface area contributed by atoms with Crippen LogP contribution >= 0.6 is 0 Å². The van der Waals surface area contributed by atoms with E-state index in [0.717, 1.165) is 16.8 Å². The summed E-state index contributed by atoms with van der Waals surface area (Å²) >= 11 is 0. The highest BCUT2D eigenvalue weighted by Gasteiger charge is 2.20. The van der Waals surface area contributed by atoms with Crippen molar-refractivity contribution in [3.63, 3.8) is 0 Å². The molecule has 3 heteroatoms. The Morgan fingerprint density at radius 2 is 2.07 bits per heavy atom. The largest absolute Gasteiger partial charge is 0.500 e. The lowest BCUT2D eigenvalue weighted by Crippen LogP contribution is -2.33. The van der Waals surface area contributed by atoms with Crippen LogP contribution in [-0.4, -0.2) is 10.2 Å². The van der Waals surface area contributed by atoms with Crippen molar-refractivity contribution >= 4 is 11.6 Å². The molecule has 0 aromatic carbocycles. The molecule has 0 radical (unpaired) electrons. The minimum Gasteiger partial charge on any atom is -0.500 e. The number of aromatic nitrogens is 1. The number of hydrogen-bond acceptors (Lipinski definition) is 2. The first-order valence-electron chi connectivity index (χ1n) is 4.22. The second-order valence-electron chi connectivity index (χ2n) is 3.20. The molecule has 0 aliphatic rings. The highest BCUT2D eigenvalue weighted by Crippen LogP contribution is 2.26. The van der Waals surface area contributed by atoms with Crippen LogP contribution in [-0.2, 0) is 7.05 Å². The van der Waals surface area contributed by atoms with E-state index in [9.17, 15) is 10.2 Å². The van der Waals surface area contributed by atoms with Crippen LogP contribution in [0.5, 0.6) is 11.6 Å². The molecule has 2 N–H and O–H groups in total. The minimum atomic E-state index is -0.176. The second kappa shape index (κ2) is 3.54. The smallest absolute Gasteiger partial charge is 0.409 e. The standard InChI is InChI=1S/C11H13NO2/c1-5-9-8(7(2)3)6-10(13)11(14)12(9)4/h5-6,13H,1-2H2,3-4H3/p+1. The molecule has 0 aliphatic carbocycles. The van der Waals surface area contributed by atoms with Crippen molar-refractivity contribution in [2.24, 2.45) is 7.05 Å². The number of aromatic hydroxyl groups is 2. The fourth-order valence-corrected chi connectivity index (χ4v) is 1.33. The lowest BCUT2D eigenvalue weighted by molar-refractivity contribution is -0.679. The van der Waals surface area contributed by atoms with Gasteiger partial charge in [0, 0.05) is 12.1 Å². The first-order chi connectivity index (χ1) is 6.49. The molecule has 0 fully saturated rings. The van der Waals surface area contributed by atoms with Gasteiger partial charge in [-0.15, -0.1) is 0 Å². The first kappa shape index (κ1) is 10.3. The Bertz CT molecular complexity index is 408. The summed E-state index contributed by atoms with van der Waals surface area (Å²) in [6, 6.07) is 1.48. The normalized spacial score (nSPS) is 9.86. The van der Waals surface area contributed by atoms with E-state index in [1.165, 1.54) is 10.6 Å². The van der Waals surface area contributed by atoms with Crippen LogP contribution in [0, 0.1) is 0 Å². The molecule has 0 atom stereocenters. The fraction of sp³-hybridized carbons (Fsp3) is 0.182. The molecular formula is C11H14NO2+. The van der Waals surface area contributed by atoms with Crippen molar-refractivity contribution in [1.29, 1.82) is 0 Å². The summed E-state index contributed by atoms with van der Waals surface area (Å²) in [5.41, 5.74) is 2.32. The van der Waals surface area contributed by atoms with E-state index >= 15 is 0 Å². The van der Waals surface area contributed by atoms with Crippen LogP contribution < -0.4 is 4.57 Å². The molecule has 1 aromatic heterocycles. The summed E-state index contributed by atoms with van der Waals surface area (Å²) in [7, 11) is 1.65. The van der Waals surface area contributed by atoms with Gasteiger partial charge in [-0.2, -0.15) is 4.57 Å². The summed E-state index contributed by atoms with van der Waals surface area (Å²) in [6.45, 7) is 9.28. The summed E-state index contributed by atoms with van der Waals surface area (Å²) in [5.74, 6) is -0.332. The van der Waals surface area contributed by atoms with Crippen molar-refractivity contribution in [2.75, 3.05) is 0 Å². The molecule has 1 heterocycles. The van der Waals surface area contributed by atoms with Crippen molar-refractivity contribution < 1.29 is 14.8 Å². The number of rotatable bonds is 2. The van der Waals surface area contributed by atoms with Gasteiger partial charge in [0.25, 0.3) is 0 Å². The maximum Gasteiger partial charge on any atom is 0.409 e. The van der Waals surface area contributed by atoms with Gasteiger partial charge < -0.3 is 10.2 Å². The number of nitrogens with zero attached hydrogens (tertiary/aromatic N) is 1. The van der Waals surface area contributed by atoms with Crippen LogP contribution in [0.4, 0.5) is 0 Å². The van der Waals surface area contributed by atoms with Crippen LogP contribution in [0.25, 0.3) is 11.6 Å². The van der Waals surface area contributed by atoms with Gasteiger partial charge in [0.15, 0.2) is 0 Å². The Hall–Kier alpha value is -1.77. The average Bonchev–Trinajstić information content (AvgIpc) is 2.13. The second-order valence-corrected chi connectivity index (χ2v) is 3.20. The predicted octanol–water partition coefficient (Wildman–Crippen LogP) is 1.60. The molecule has 1 aromatic rings. The van der Waals surface area contributed by atoms with E-state index in [2.05, 4.69) is 13.2 Å². The minimum absolute atomic E-state index is 0.156. The van der Waals surface area contributed by atoms with E-state index in [1.807, 2.05) is 6.92 Å². The molecule has 0 saturated heterocycles. The van der Waals surface area contributed by atoms with E-state index in [4.69, 9.17) is 0 Å². The Labute approximate surface area is 83.3 Å². The Morgan fingerprint density at radius 3 is 2.50 bits per heavy atom. The van der Waals surface area contributed by atoms with E-state index in [1.54, 1.807) is 13.1 Å². The molecule has 0 spiro atoms. The topological polar surface area (TPSA) is 44.3 Å². The van der Waals surface area contributed by atoms with Crippen molar-refractivity contribution in [1.82, 2.24) is 0 Å². The van der Waals surface area contributed by atoms with Crippen LogP contribution in [0.1, 0.15) is 18.2 Å². The third-order valence-corrected chi connectivity index (χ3v) is 2.12. The zero-order chi connectivity index (χ0) is 10.9. The highest BCUT2D eigenvalue weighted by atomic mass is 16.3. The monoisotopic (exact) mass is 192 g/mol. The lowest BCUT2D eigenvalue weighted by atomic mass is 10.1. The molecule has 74 valence electrons. The summed E-state index contributed by atoms with van der Waals surface area (Å²) in [5, 5.41) is 18.9. The van der Waals surface area contributed by atoms with Gasteiger partial charge in [-0.3, -0.25) is 0 Å². The number of hydrogen-bond donors (Lipinski definition) is 2. The Kier molecular flexibility index (Phi) is 2.60. The van der Waals surface area contributed by atoms with E-state index in [0.29, 0.717) is 0 Å². The molecule has 14 heavy (non-hydrogen) atoms. The molecule has 1 rings (SSSR count). The summed E-state index contributed by atoms with van der Waals surface area (Å²) < 4.78 is 1.46. The maximum absolute atomic E-state index is 9.46. The van der Waals surface area contributed by atoms with Gasteiger partial charge in [-0.05, 0) is 12.5 Å². The van der Waals surface area contributed by atoms with Crippen molar-refractivity contribution in [2.45, 2.75) is 6.92 Å². The molecule has 0 saturated carbocycles. The maximum atomic E-state index is 9.46. The van der Waals surface area contributed by atoms with Crippen molar-refractivity contribution in [3.8, 4) is 11.6 Å². The third kappa shape index (κ3) is 1.48. The molecule has 0 bridgehead atoms. The van der Waals surface area contributed by atoms with Crippen LogP contribution in [0.2, 0.25) is 0 Å². The Balaban J connectivity index is 3.59. The summed E-state index contributed by atoms with van der Waals surface area (Å²) in [4.78, 5) is 0. The number of pyridine rings is 1. The van der Waals surface area contributed by atoms with Gasteiger partial charge >= 0.3 is 5.88 Å². The third-order valence-electron chi connectivity index (χ3n) is 2.12. The quantitative estimate of drug-likeness (QED) is 0.699. The van der Waals surface area contributed by atoms with Gasteiger partial charge in [-0.1, -0.05) is 13.2 Å². The lowest BCUT2D eigenvalue weighted by Gasteiger charge is -2.05. The van der Waals surface area contributed by atoms with E-state index in [-0.39, 0.29) is 11.6 Å². The zero-order valence-corrected chi connectivity index (χ0v) is 8.41. The summed E-state index contributed by atoms with van der Waals surface area (Å²) in [6.07, 6.45) is 1.61. The Morgan fingerprint density at radius 1 is 1.50 bits per heavy atom. The van der Waals surface area contributed by atoms with E-state index < -0.39 is 0 Å². The van der Waals surface area contributed by atoms with Crippen molar-refractivity contribution in [3.05, 3.63) is 30.5 Å². The predicted molar refractivity (Wildman–Crippen MR) is 55.7 cm³/mol. The molecule has 0 amide bonds. The SMILES string of the molecule is C=Cc1c(C(=C)C)cc(O)c(O)[n+]1C. The highest BCUT2D eigenvalue weighted by molar-refractivity contribution is 5.69. The van der Waals surface area contributed by atoms with Crippen LogP contribution in [0.15, 0.2) is 19.2 Å². The molecule has 3 nitrogen and oxygen atoms in total. The molecule has 0 unspecified atom stereocenters. The zero-order valence-electron chi connectivity index (χ0n) is 8.41. The first-order valence-corrected chi connectivity index (χ1v) is 4.22. The molecular weight excluding hydrogens is 178 g/mol. The van der Waals surface area contributed by atoms with Gasteiger partial charge in [0.05, 0.1) is 5.56 Å².